The van der Waals surface area contributed by atoms with Crippen LogP contribution in [-0.4, -0.2) is 48.6 Å². The number of anilines is 1. The van der Waals surface area contributed by atoms with E-state index in [9.17, 15) is 4.79 Å². The van der Waals surface area contributed by atoms with Crippen LogP contribution in [0.25, 0.3) is 0 Å². The molecular weight excluding hydrogens is 318 g/mol. The number of ether oxygens (including phenoxy) is 2. The quantitative estimate of drug-likeness (QED) is 0.840. The molecule has 0 aliphatic carbocycles. The smallest absolute Gasteiger partial charge is 0.311 e. The van der Waals surface area contributed by atoms with Gasteiger partial charge in [-0.05, 0) is 30.1 Å². The Balaban J connectivity index is 1.74. The van der Waals surface area contributed by atoms with Gasteiger partial charge in [0.05, 0.1) is 31.4 Å². The van der Waals surface area contributed by atoms with Crippen LogP contribution in [0, 0.1) is 0 Å². The number of carbonyl (C=O) groups excluding carboxylic acids is 1. The van der Waals surface area contributed by atoms with Crippen molar-refractivity contribution in [3.63, 3.8) is 0 Å². The van der Waals surface area contributed by atoms with Gasteiger partial charge in [0.25, 0.3) is 5.89 Å². The fraction of sp³-hybridized carbons (Fsp3) is 0.333. The predicted molar refractivity (Wildman–Crippen MR) is 85.7 cm³/mol. The molecule has 0 atom stereocenters. The van der Waals surface area contributed by atoms with Crippen molar-refractivity contribution in [1.29, 1.82) is 0 Å². The Labute approximate surface area is 138 Å². The Morgan fingerprint density at radius 2 is 2.22 bits per heavy atom. The lowest BCUT2D eigenvalue weighted by Crippen LogP contribution is -2.30. The first-order chi connectivity index (χ1) is 11.3. The number of benzene rings is 1. The van der Waals surface area contributed by atoms with E-state index in [0.717, 1.165) is 36.9 Å². The predicted octanol–water partition coefficient (Wildman–Crippen LogP) is 2.27. The number of rotatable bonds is 5. The molecule has 1 N–H and O–H groups in total. The van der Waals surface area contributed by atoms with Crippen molar-refractivity contribution in [2.75, 3.05) is 38.7 Å². The van der Waals surface area contributed by atoms with Crippen LogP contribution in [0.3, 0.4) is 0 Å². The third-order valence-corrected chi connectivity index (χ3v) is 4.38. The minimum Gasteiger partial charge on any atom is -0.496 e. The van der Waals surface area contributed by atoms with Crippen molar-refractivity contribution in [1.82, 2.24) is 9.29 Å². The highest BCUT2D eigenvalue weighted by Gasteiger charge is 2.16. The van der Waals surface area contributed by atoms with Crippen LogP contribution < -0.4 is 10.1 Å². The maximum absolute atomic E-state index is 12.0. The van der Waals surface area contributed by atoms with Gasteiger partial charge >= 0.3 is 5.91 Å². The van der Waals surface area contributed by atoms with Gasteiger partial charge in [0.15, 0.2) is 0 Å². The summed E-state index contributed by atoms with van der Waals surface area (Å²) >= 11 is 1.59. The average Bonchev–Trinajstić information content (AvgIpc) is 3.11. The van der Waals surface area contributed by atoms with Crippen molar-refractivity contribution in [2.24, 2.45) is 0 Å². The summed E-state index contributed by atoms with van der Waals surface area (Å²) in [6.07, 6.45) is 2.80. The summed E-state index contributed by atoms with van der Waals surface area (Å²) in [7, 11) is 1.63. The molecule has 2 aromatic rings. The van der Waals surface area contributed by atoms with Crippen molar-refractivity contribution >= 4 is 23.5 Å². The molecule has 0 saturated carbocycles. The monoisotopic (exact) mass is 335 g/mol. The largest absolute Gasteiger partial charge is 0.496 e. The molecular formula is C15H17N3O4S. The van der Waals surface area contributed by atoms with Crippen LogP contribution in [0.1, 0.15) is 10.7 Å². The molecule has 3 rings (SSSR count). The van der Waals surface area contributed by atoms with Crippen molar-refractivity contribution in [3.8, 4) is 5.75 Å². The number of hydrogen-bond acceptors (Lipinski definition) is 7. The first-order valence-corrected chi connectivity index (χ1v) is 7.93. The lowest BCUT2D eigenvalue weighted by Gasteiger charge is -2.26. The van der Waals surface area contributed by atoms with E-state index in [4.69, 9.17) is 13.9 Å². The lowest BCUT2D eigenvalue weighted by molar-refractivity contribution is 0.0773. The fourth-order valence-electron chi connectivity index (χ4n) is 2.12. The van der Waals surface area contributed by atoms with Gasteiger partial charge in [-0.2, -0.15) is 0 Å². The number of methoxy groups -OCH3 is 1. The maximum atomic E-state index is 12.0. The van der Waals surface area contributed by atoms with Gasteiger partial charge in [0.1, 0.15) is 12.0 Å². The van der Waals surface area contributed by atoms with Crippen LogP contribution in [0.2, 0.25) is 0 Å². The summed E-state index contributed by atoms with van der Waals surface area (Å²) in [6.45, 7) is 3.13. The van der Waals surface area contributed by atoms with E-state index in [0.29, 0.717) is 5.69 Å². The summed E-state index contributed by atoms with van der Waals surface area (Å²) in [5.74, 6) is 0.404. The van der Waals surface area contributed by atoms with Gasteiger partial charge < -0.3 is 19.2 Å². The van der Waals surface area contributed by atoms with Crippen LogP contribution in [-0.2, 0) is 4.74 Å². The molecule has 1 fully saturated rings. The molecule has 0 bridgehead atoms. The molecule has 0 spiro atoms. The number of amides is 1. The zero-order chi connectivity index (χ0) is 16.1. The normalized spacial score (nSPS) is 15.3. The zero-order valence-electron chi connectivity index (χ0n) is 12.7. The van der Waals surface area contributed by atoms with Gasteiger partial charge in [-0.15, -0.1) is 0 Å². The molecule has 1 aromatic heterocycles. The molecule has 2 heterocycles. The highest BCUT2D eigenvalue weighted by atomic mass is 32.2. The zero-order valence-corrected chi connectivity index (χ0v) is 13.5. The Bertz CT molecular complexity index is 657. The molecule has 8 heteroatoms. The van der Waals surface area contributed by atoms with E-state index in [1.165, 1.54) is 12.5 Å². The molecule has 0 unspecified atom stereocenters. The van der Waals surface area contributed by atoms with E-state index in [-0.39, 0.29) is 11.8 Å². The first kappa shape index (κ1) is 15.9. The second-order valence-corrected chi connectivity index (χ2v) is 5.93. The molecule has 1 amide bonds. The molecule has 7 nitrogen and oxygen atoms in total. The number of nitrogens with zero attached hydrogens (tertiary/aromatic N) is 2. The fourth-order valence-corrected chi connectivity index (χ4v) is 3.15. The van der Waals surface area contributed by atoms with Crippen molar-refractivity contribution < 1.29 is 18.7 Å². The SMILES string of the molecule is COc1ccc(NC(=O)c2ncco2)cc1SN1CCOCC1. The summed E-state index contributed by atoms with van der Waals surface area (Å²) in [5, 5.41) is 2.77. The van der Waals surface area contributed by atoms with Crippen LogP contribution >= 0.6 is 11.9 Å². The molecule has 23 heavy (non-hydrogen) atoms. The lowest BCUT2D eigenvalue weighted by atomic mass is 10.3. The molecule has 1 aromatic carbocycles. The number of nitrogens with one attached hydrogen (secondary N) is 1. The van der Waals surface area contributed by atoms with Gasteiger partial charge in [-0.3, -0.25) is 4.79 Å². The van der Waals surface area contributed by atoms with E-state index in [1.807, 2.05) is 12.1 Å². The van der Waals surface area contributed by atoms with E-state index >= 15 is 0 Å². The van der Waals surface area contributed by atoms with Gasteiger partial charge in [0.2, 0.25) is 0 Å². The third kappa shape index (κ3) is 4.04. The number of morpholine rings is 1. The number of aromatic nitrogens is 1. The summed E-state index contributed by atoms with van der Waals surface area (Å²) < 4.78 is 17.9. The van der Waals surface area contributed by atoms with Crippen molar-refractivity contribution in [3.05, 3.63) is 36.5 Å². The highest BCUT2D eigenvalue weighted by Crippen LogP contribution is 2.34. The van der Waals surface area contributed by atoms with Gasteiger partial charge in [-0.25, -0.2) is 9.29 Å². The second-order valence-electron chi connectivity index (χ2n) is 4.79. The Morgan fingerprint density at radius 1 is 1.39 bits per heavy atom. The van der Waals surface area contributed by atoms with Gasteiger partial charge in [-0.1, -0.05) is 0 Å². The Kier molecular flexibility index (Phi) is 5.16. The number of oxazole rings is 1. The Morgan fingerprint density at radius 3 is 2.91 bits per heavy atom. The summed E-state index contributed by atoms with van der Waals surface area (Å²) in [5.41, 5.74) is 0.657. The Hall–Kier alpha value is -2.03. The standard InChI is InChI=1S/C15H17N3O4S/c1-20-12-3-2-11(17-14(19)15-16-4-7-22-15)10-13(12)23-18-5-8-21-9-6-18/h2-4,7,10H,5-6,8-9H2,1H3,(H,17,19). The third-order valence-electron chi connectivity index (χ3n) is 3.25. The van der Waals surface area contributed by atoms with Crippen LogP contribution in [0.15, 0.2) is 40.0 Å². The van der Waals surface area contributed by atoms with E-state index in [1.54, 1.807) is 25.1 Å². The minimum absolute atomic E-state index is 0.0307. The molecule has 1 aliphatic heterocycles. The number of carbonyl (C=O) groups is 1. The topological polar surface area (TPSA) is 76.8 Å². The molecule has 0 radical (unpaired) electrons. The molecule has 1 aliphatic rings. The molecule has 1 saturated heterocycles. The maximum Gasteiger partial charge on any atom is 0.311 e. The summed E-state index contributed by atoms with van der Waals surface area (Å²) in [4.78, 5) is 16.8. The van der Waals surface area contributed by atoms with Crippen LogP contribution in [0.4, 0.5) is 5.69 Å². The molecule has 122 valence electrons. The average molecular weight is 335 g/mol. The van der Waals surface area contributed by atoms with Crippen LogP contribution in [0.5, 0.6) is 5.75 Å². The minimum atomic E-state index is -0.387. The van der Waals surface area contributed by atoms with Crippen molar-refractivity contribution in [2.45, 2.75) is 4.90 Å². The first-order valence-electron chi connectivity index (χ1n) is 7.16. The highest BCUT2D eigenvalue weighted by molar-refractivity contribution is 7.97. The number of hydrogen-bond donors (Lipinski definition) is 1. The van der Waals surface area contributed by atoms with E-state index in [2.05, 4.69) is 14.6 Å². The van der Waals surface area contributed by atoms with Gasteiger partial charge in [0, 0.05) is 18.8 Å². The second kappa shape index (κ2) is 7.49. The summed E-state index contributed by atoms with van der Waals surface area (Å²) in [6, 6.07) is 5.48. The van der Waals surface area contributed by atoms with E-state index < -0.39 is 0 Å².